The van der Waals surface area contributed by atoms with E-state index in [1.165, 1.54) is 5.01 Å². The van der Waals surface area contributed by atoms with Gasteiger partial charge in [-0.2, -0.15) is 0 Å². The second kappa shape index (κ2) is 17.9. The molecule has 64 heavy (non-hydrogen) atoms. The van der Waals surface area contributed by atoms with E-state index in [0.29, 0.717) is 37.9 Å². The number of rotatable bonds is 9. The Morgan fingerprint density at radius 1 is 1.08 bits per heavy atom. The quantitative estimate of drug-likeness (QED) is 0.145. The summed E-state index contributed by atoms with van der Waals surface area (Å²) < 4.78 is 14.2. The monoisotopic (exact) mass is 875 g/mol. The smallest absolute Gasteiger partial charge is 0.324 e. The molecule has 3 amide bonds. The zero-order valence-electron chi connectivity index (χ0n) is 38.6. The molecule has 8 rings (SSSR count). The molecule has 4 aromatic rings. The van der Waals surface area contributed by atoms with Crippen molar-refractivity contribution >= 4 is 34.6 Å². The van der Waals surface area contributed by atoms with Crippen LogP contribution < -0.4 is 16.1 Å². The Kier molecular flexibility index (Phi) is 12.7. The molecule has 6 bridgehead atoms. The number of nitrogens with one attached hydrogen (secondary N) is 3. The first kappa shape index (κ1) is 45.3. The fourth-order valence-electron chi connectivity index (χ4n) is 10.5. The van der Waals surface area contributed by atoms with Crippen molar-refractivity contribution in [3.63, 3.8) is 0 Å². The van der Waals surface area contributed by atoms with Gasteiger partial charge in [0.1, 0.15) is 23.9 Å². The number of pyridine rings is 1. The number of benzene rings is 2. The van der Waals surface area contributed by atoms with Crippen LogP contribution in [0.1, 0.15) is 96.6 Å². The lowest BCUT2D eigenvalue weighted by Gasteiger charge is -2.37. The van der Waals surface area contributed by atoms with Gasteiger partial charge in [0.2, 0.25) is 11.8 Å². The van der Waals surface area contributed by atoms with Crippen LogP contribution in [-0.2, 0) is 48.0 Å². The molecule has 5 atom stereocenters. The highest BCUT2D eigenvalue weighted by Gasteiger charge is 2.56. The van der Waals surface area contributed by atoms with Crippen LogP contribution in [0.25, 0.3) is 33.3 Å². The van der Waals surface area contributed by atoms with Gasteiger partial charge in [0.15, 0.2) is 0 Å². The molecular formula is C50H65N7O7. The maximum atomic E-state index is 14.7. The number of fused-ring (bicyclic) bond motifs is 6. The molecule has 1 spiro atoms. The van der Waals surface area contributed by atoms with Crippen molar-refractivity contribution in [2.24, 2.45) is 16.7 Å². The summed E-state index contributed by atoms with van der Waals surface area (Å²) in [5, 5.41) is 20.2. The highest BCUT2D eigenvalue weighted by atomic mass is 16.5. The van der Waals surface area contributed by atoms with Gasteiger partial charge in [-0.05, 0) is 129 Å². The van der Waals surface area contributed by atoms with E-state index < -0.39 is 41.3 Å². The molecule has 3 fully saturated rings. The summed E-state index contributed by atoms with van der Waals surface area (Å²) in [7, 11) is 3.36. The number of aromatic hydroxyl groups is 1. The van der Waals surface area contributed by atoms with Crippen molar-refractivity contribution in [1.29, 1.82) is 0 Å². The Morgan fingerprint density at radius 3 is 2.58 bits per heavy atom. The number of esters is 1. The summed E-state index contributed by atoms with van der Waals surface area (Å²) in [4.78, 5) is 63.5. The summed E-state index contributed by atoms with van der Waals surface area (Å²) in [6.45, 7) is 14.0. The fourth-order valence-corrected chi connectivity index (χ4v) is 10.5. The first-order valence-electron chi connectivity index (χ1n) is 23.1. The SMILES string of the molecule is CCn1c(-c2cccnc2[C@H](C)OC)c2c3cc(ccc31)-c1cc(O)cc(c1)C[C@H](NC(=O)C(C(C)C)N(C)C(=O)C1NCCC13CC3)C(=O)N1CCC[C@H](N1)C(=O)OCC(C)(C)C2. The summed E-state index contributed by atoms with van der Waals surface area (Å²) in [5.41, 5.74) is 9.71. The molecule has 2 aromatic carbocycles. The second-order valence-electron chi connectivity index (χ2n) is 19.7. The maximum absolute atomic E-state index is 14.7. The van der Waals surface area contributed by atoms with Crippen LogP contribution in [0.15, 0.2) is 54.7 Å². The van der Waals surface area contributed by atoms with Crippen molar-refractivity contribution in [2.45, 2.75) is 123 Å². The normalized spacial score (nSPS) is 22.8. The number of likely N-dealkylation sites (N-methyl/N-ethyl adjacent to an activating group) is 1. The molecular weight excluding hydrogens is 811 g/mol. The first-order chi connectivity index (χ1) is 30.5. The number of hydrogen-bond acceptors (Lipinski definition) is 10. The molecule has 5 heterocycles. The number of carbonyl (C=O) groups excluding carboxylic acids is 4. The number of phenolic OH excluding ortho intramolecular Hbond substituents is 1. The van der Waals surface area contributed by atoms with E-state index in [-0.39, 0.29) is 48.2 Å². The van der Waals surface area contributed by atoms with Gasteiger partial charge < -0.3 is 34.7 Å². The minimum atomic E-state index is -1.11. The topological polar surface area (TPSA) is 167 Å². The number of hydrazine groups is 1. The van der Waals surface area contributed by atoms with Crippen LogP contribution >= 0.6 is 0 Å². The summed E-state index contributed by atoms with van der Waals surface area (Å²) >= 11 is 0. The Morgan fingerprint density at radius 2 is 1.86 bits per heavy atom. The van der Waals surface area contributed by atoms with Gasteiger partial charge in [-0.15, -0.1) is 0 Å². The van der Waals surface area contributed by atoms with Crippen molar-refractivity contribution in [2.75, 3.05) is 33.9 Å². The third-order valence-corrected chi connectivity index (χ3v) is 14.1. The lowest BCUT2D eigenvalue weighted by molar-refractivity contribution is -0.155. The summed E-state index contributed by atoms with van der Waals surface area (Å²) in [5.74, 6) is -1.70. The predicted octanol–water partition coefficient (Wildman–Crippen LogP) is 6.08. The largest absolute Gasteiger partial charge is 0.508 e. The molecule has 2 unspecified atom stereocenters. The van der Waals surface area contributed by atoms with Crippen LogP contribution in [0.3, 0.4) is 0 Å². The minimum Gasteiger partial charge on any atom is -0.508 e. The number of hydrogen-bond donors (Lipinski definition) is 4. The molecule has 2 saturated heterocycles. The van der Waals surface area contributed by atoms with Crippen molar-refractivity contribution in [3.05, 3.63) is 71.5 Å². The van der Waals surface area contributed by atoms with Crippen LogP contribution in [0, 0.1) is 16.7 Å². The van der Waals surface area contributed by atoms with E-state index in [0.717, 1.165) is 70.4 Å². The number of aryl methyl sites for hydroxylation is 1. The average molecular weight is 876 g/mol. The number of cyclic esters (lactones) is 1. The fraction of sp³-hybridized carbons (Fsp3) is 0.540. The standard InChI is InChI=1S/C50H65N7O7/c1-9-56-40-15-14-32-26-36(40)37(43(56)35-12-10-19-51-41(35)30(4)63-8)27-49(5,6)28-64-48(62)38-13-11-21-57(54-38)46(60)39(24-31-22-33(32)25-34(58)23-31)53-45(59)42(29(2)3)55(7)47(61)44-50(16-17-50)18-20-52-44/h10,12,14-15,19,22-23,25-26,29-30,38-39,42,44,52,54,58H,9,11,13,16-18,20-21,24,27-28H2,1-8H3,(H,53,59)/t30-,38-,39-,42?,44?/m0/s1. The molecule has 4 N–H and O–H groups in total. The van der Waals surface area contributed by atoms with Gasteiger partial charge in [-0.3, -0.25) is 29.2 Å². The highest BCUT2D eigenvalue weighted by Crippen LogP contribution is 2.54. The van der Waals surface area contributed by atoms with Crippen molar-refractivity contribution in [1.82, 2.24) is 35.5 Å². The van der Waals surface area contributed by atoms with E-state index in [1.54, 1.807) is 37.4 Å². The zero-order chi connectivity index (χ0) is 45.7. The number of carbonyl (C=O) groups is 4. The maximum Gasteiger partial charge on any atom is 0.324 e. The van der Waals surface area contributed by atoms with E-state index >= 15 is 0 Å². The summed E-state index contributed by atoms with van der Waals surface area (Å²) in [6.07, 6.45) is 6.03. The molecule has 1 saturated carbocycles. The molecule has 0 radical (unpaired) electrons. The van der Waals surface area contributed by atoms with E-state index in [1.807, 2.05) is 39.0 Å². The van der Waals surface area contributed by atoms with Crippen LogP contribution in [0.4, 0.5) is 0 Å². The zero-order valence-corrected chi connectivity index (χ0v) is 38.6. The number of phenols is 1. The molecule has 14 heteroatoms. The van der Waals surface area contributed by atoms with Gasteiger partial charge in [0, 0.05) is 61.7 Å². The van der Waals surface area contributed by atoms with E-state index in [9.17, 15) is 24.3 Å². The lowest BCUT2D eigenvalue weighted by Crippen LogP contribution is -2.62. The van der Waals surface area contributed by atoms with Crippen LogP contribution in [0.5, 0.6) is 5.75 Å². The molecule has 3 aliphatic heterocycles. The molecule has 14 nitrogen and oxygen atoms in total. The number of ether oxygens (including phenoxy) is 2. The Balaban J connectivity index is 1.22. The van der Waals surface area contributed by atoms with Crippen molar-refractivity contribution < 1.29 is 33.8 Å². The van der Waals surface area contributed by atoms with Crippen molar-refractivity contribution in [3.8, 4) is 28.1 Å². The Labute approximate surface area is 376 Å². The van der Waals surface area contributed by atoms with E-state index in [4.69, 9.17) is 14.5 Å². The number of nitrogens with zero attached hydrogens (tertiary/aromatic N) is 4. The lowest BCUT2D eigenvalue weighted by atomic mass is 9.84. The second-order valence-corrected chi connectivity index (χ2v) is 19.7. The highest BCUT2D eigenvalue weighted by molar-refractivity contribution is 5.96. The van der Waals surface area contributed by atoms with Crippen LogP contribution in [0.2, 0.25) is 0 Å². The molecule has 342 valence electrons. The third-order valence-electron chi connectivity index (χ3n) is 14.1. The number of amides is 3. The minimum absolute atomic E-state index is 0.0172. The van der Waals surface area contributed by atoms with Crippen LogP contribution in [-0.4, -0.2) is 106 Å². The van der Waals surface area contributed by atoms with Gasteiger partial charge in [-0.25, -0.2) is 5.43 Å². The molecule has 4 aliphatic rings. The molecule has 1 aliphatic carbocycles. The van der Waals surface area contributed by atoms with Gasteiger partial charge >= 0.3 is 5.97 Å². The van der Waals surface area contributed by atoms with Gasteiger partial charge in [0.25, 0.3) is 5.91 Å². The number of methoxy groups -OCH3 is 1. The Bertz CT molecular complexity index is 2440. The summed E-state index contributed by atoms with van der Waals surface area (Å²) in [6, 6.07) is 12.5. The third kappa shape index (κ3) is 8.76. The molecule has 2 aromatic heterocycles. The Hall–Kier alpha value is -5.31. The predicted molar refractivity (Wildman–Crippen MR) is 245 cm³/mol. The number of aromatic nitrogens is 2. The van der Waals surface area contributed by atoms with Gasteiger partial charge in [0.05, 0.1) is 30.1 Å². The van der Waals surface area contributed by atoms with Gasteiger partial charge in [-0.1, -0.05) is 39.8 Å². The van der Waals surface area contributed by atoms with E-state index in [2.05, 4.69) is 59.6 Å². The average Bonchev–Trinajstić information content (AvgIpc) is 3.84. The first-order valence-corrected chi connectivity index (χ1v) is 23.1.